The van der Waals surface area contributed by atoms with Gasteiger partial charge in [-0.1, -0.05) is 6.07 Å². The van der Waals surface area contributed by atoms with Crippen LogP contribution in [0.25, 0.3) is 0 Å². The van der Waals surface area contributed by atoms with Gasteiger partial charge in [-0.05, 0) is 45.9 Å². The number of anilines is 1. The zero-order valence-corrected chi connectivity index (χ0v) is 13.1. The summed E-state index contributed by atoms with van der Waals surface area (Å²) in [5, 5.41) is 2.78. The number of carbonyl (C=O) groups excluding carboxylic acids is 2. The Balaban J connectivity index is 2.22. The van der Waals surface area contributed by atoms with E-state index in [9.17, 15) is 9.59 Å². The van der Waals surface area contributed by atoms with Crippen LogP contribution in [0.5, 0.6) is 0 Å². The van der Waals surface area contributed by atoms with Crippen molar-refractivity contribution in [2.75, 3.05) is 11.9 Å². The predicted octanol–water partition coefficient (Wildman–Crippen LogP) is 3.63. The Morgan fingerprint density at radius 2 is 1.91 bits per heavy atom. The fourth-order valence-electron chi connectivity index (χ4n) is 2.26. The maximum Gasteiger partial charge on any atom is 0.338 e. The lowest BCUT2D eigenvalue weighted by Crippen LogP contribution is -2.14. The van der Waals surface area contributed by atoms with Crippen LogP contribution >= 0.6 is 0 Å². The highest BCUT2D eigenvalue weighted by atomic mass is 16.5. The third-order valence-electron chi connectivity index (χ3n) is 3.42. The monoisotopic (exact) mass is 301 g/mol. The van der Waals surface area contributed by atoms with Gasteiger partial charge in [-0.2, -0.15) is 0 Å². The molecular formula is C17H19NO4. The SMILES string of the molecule is CCOC(=O)c1cccc(NC(=O)c2c(C)oc(C)c2C)c1. The lowest BCUT2D eigenvalue weighted by molar-refractivity contribution is 0.0526. The van der Waals surface area contributed by atoms with Crippen LogP contribution in [0.15, 0.2) is 28.7 Å². The first-order valence-electron chi connectivity index (χ1n) is 7.09. The minimum Gasteiger partial charge on any atom is -0.466 e. The van der Waals surface area contributed by atoms with E-state index in [0.29, 0.717) is 29.2 Å². The van der Waals surface area contributed by atoms with E-state index in [1.807, 2.05) is 13.8 Å². The van der Waals surface area contributed by atoms with E-state index in [0.717, 1.165) is 11.3 Å². The van der Waals surface area contributed by atoms with Crippen molar-refractivity contribution < 1.29 is 18.7 Å². The molecule has 1 N–H and O–H groups in total. The van der Waals surface area contributed by atoms with Crippen molar-refractivity contribution in [3.63, 3.8) is 0 Å². The second-order valence-corrected chi connectivity index (χ2v) is 4.97. The highest BCUT2D eigenvalue weighted by Crippen LogP contribution is 2.22. The van der Waals surface area contributed by atoms with E-state index in [1.54, 1.807) is 38.1 Å². The van der Waals surface area contributed by atoms with Crippen molar-refractivity contribution >= 4 is 17.6 Å². The lowest BCUT2D eigenvalue weighted by Gasteiger charge is -2.07. The van der Waals surface area contributed by atoms with Gasteiger partial charge in [0.15, 0.2) is 0 Å². The van der Waals surface area contributed by atoms with Gasteiger partial charge in [-0.25, -0.2) is 4.79 Å². The molecular weight excluding hydrogens is 282 g/mol. The van der Waals surface area contributed by atoms with Gasteiger partial charge in [0.05, 0.1) is 17.7 Å². The molecule has 0 aliphatic heterocycles. The third-order valence-corrected chi connectivity index (χ3v) is 3.42. The fraction of sp³-hybridized carbons (Fsp3) is 0.294. The zero-order valence-electron chi connectivity index (χ0n) is 13.1. The summed E-state index contributed by atoms with van der Waals surface area (Å²) in [7, 11) is 0. The Morgan fingerprint density at radius 1 is 1.18 bits per heavy atom. The van der Waals surface area contributed by atoms with Crippen LogP contribution in [0, 0.1) is 20.8 Å². The van der Waals surface area contributed by atoms with Crippen LogP contribution in [-0.4, -0.2) is 18.5 Å². The average molecular weight is 301 g/mol. The number of hydrogen-bond donors (Lipinski definition) is 1. The second kappa shape index (κ2) is 6.47. The summed E-state index contributed by atoms with van der Waals surface area (Å²) in [5.41, 5.74) is 2.28. The van der Waals surface area contributed by atoms with Crippen LogP contribution in [0.3, 0.4) is 0 Å². The molecule has 22 heavy (non-hydrogen) atoms. The molecule has 5 heteroatoms. The number of nitrogens with one attached hydrogen (secondary N) is 1. The molecule has 0 spiro atoms. The summed E-state index contributed by atoms with van der Waals surface area (Å²) in [4.78, 5) is 24.1. The normalized spacial score (nSPS) is 10.4. The summed E-state index contributed by atoms with van der Waals surface area (Å²) in [6, 6.07) is 6.65. The van der Waals surface area contributed by atoms with Crippen molar-refractivity contribution in [1.82, 2.24) is 0 Å². The molecule has 1 heterocycles. The van der Waals surface area contributed by atoms with Gasteiger partial charge in [-0.15, -0.1) is 0 Å². The van der Waals surface area contributed by atoms with Gasteiger partial charge < -0.3 is 14.5 Å². The average Bonchev–Trinajstić information content (AvgIpc) is 2.72. The van der Waals surface area contributed by atoms with E-state index in [2.05, 4.69) is 5.32 Å². The van der Waals surface area contributed by atoms with Crippen LogP contribution in [-0.2, 0) is 4.74 Å². The molecule has 2 aromatic rings. The number of ether oxygens (including phenoxy) is 1. The number of amides is 1. The highest BCUT2D eigenvalue weighted by molar-refractivity contribution is 6.06. The molecule has 0 radical (unpaired) electrons. The molecule has 0 bridgehead atoms. The van der Waals surface area contributed by atoms with Crippen molar-refractivity contribution in [3.8, 4) is 0 Å². The topological polar surface area (TPSA) is 68.5 Å². The van der Waals surface area contributed by atoms with Gasteiger partial charge in [0.1, 0.15) is 11.5 Å². The van der Waals surface area contributed by atoms with E-state index in [4.69, 9.17) is 9.15 Å². The summed E-state index contributed by atoms with van der Waals surface area (Å²) < 4.78 is 10.4. The minimum absolute atomic E-state index is 0.257. The minimum atomic E-state index is -0.412. The van der Waals surface area contributed by atoms with Crippen molar-refractivity contribution in [1.29, 1.82) is 0 Å². The Kier molecular flexibility index (Phi) is 4.65. The van der Waals surface area contributed by atoms with Crippen LogP contribution in [0.1, 0.15) is 44.7 Å². The van der Waals surface area contributed by atoms with Gasteiger partial charge in [0.25, 0.3) is 5.91 Å². The first-order valence-corrected chi connectivity index (χ1v) is 7.09. The molecule has 0 aliphatic carbocycles. The van der Waals surface area contributed by atoms with Crippen molar-refractivity contribution in [2.24, 2.45) is 0 Å². The zero-order chi connectivity index (χ0) is 16.3. The van der Waals surface area contributed by atoms with Crippen LogP contribution in [0.2, 0.25) is 0 Å². The number of esters is 1. The van der Waals surface area contributed by atoms with Gasteiger partial charge in [0, 0.05) is 11.3 Å². The second-order valence-electron chi connectivity index (χ2n) is 4.97. The molecule has 0 saturated heterocycles. The maximum absolute atomic E-state index is 12.4. The predicted molar refractivity (Wildman–Crippen MR) is 83.3 cm³/mol. The molecule has 0 saturated carbocycles. The number of benzene rings is 1. The van der Waals surface area contributed by atoms with E-state index in [1.165, 1.54) is 0 Å². The third kappa shape index (κ3) is 3.19. The van der Waals surface area contributed by atoms with Crippen molar-refractivity contribution in [3.05, 3.63) is 52.5 Å². The Bertz CT molecular complexity index is 715. The Labute approximate surface area is 129 Å². The molecule has 0 fully saturated rings. The summed E-state index contributed by atoms with van der Waals surface area (Å²) in [6.45, 7) is 7.47. The molecule has 1 amide bonds. The Morgan fingerprint density at radius 3 is 2.50 bits per heavy atom. The molecule has 116 valence electrons. The molecule has 0 aliphatic rings. The van der Waals surface area contributed by atoms with E-state index in [-0.39, 0.29) is 5.91 Å². The molecule has 1 aromatic carbocycles. The molecule has 0 atom stereocenters. The number of carbonyl (C=O) groups is 2. The quantitative estimate of drug-likeness (QED) is 0.875. The van der Waals surface area contributed by atoms with Crippen LogP contribution < -0.4 is 5.32 Å². The maximum atomic E-state index is 12.4. The molecule has 5 nitrogen and oxygen atoms in total. The smallest absolute Gasteiger partial charge is 0.338 e. The first-order chi connectivity index (χ1) is 10.4. The number of rotatable bonds is 4. The van der Waals surface area contributed by atoms with E-state index < -0.39 is 5.97 Å². The first kappa shape index (κ1) is 15.8. The molecule has 2 rings (SSSR count). The molecule has 1 aromatic heterocycles. The molecule has 0 unspecified atom stereocenters. The number of hydrogen-bond acceptors (Lipinski definition) is 4. The van der Waals surface area contributed by atoms with E-state index >= 15 is 0 Å². The number of aryl methyl sites for hydroxylation is 2. The summed E-state index contributed by atoms with van der Waals surface area (Å²) >= 11 is 0. The summed E-state index contributed by atoms with van der Waals surface area (Å²) in [5.74, 6) is 0.634. The van der Waals surface area contributed by atoms with Gasteiger partial charge in [0.2, 0.25) is 0 Å². The Hall–Kier alpha value is -2.56. The van der Waals surface area contributed by atoms with Crippen molar-refractivity contribution in [2.45, 2.75) is 27.7 Å². The standard InChI is InChI=1S/C17H19NO4/c1-5-21-17(20)13-7-6-8-14(9-13)18-16(19)15-10(2)11(3)22-12(15)4/h6-9H,5H2,1-4H3,(H,18,19). The largest absolute Gasteiger partial charge is 0.466 e. The van der Waals surface area contributed by atoms with Gasteiger partial charge in [-0.3, -0.25) is 4.79 Å². The lowest BCUT2D eigenvalue weighted by atomic mass is 10.1. The summed E-state index contributed by atoms with van der Waals surface area (Å²) in [6.07, 6.45) is 0. The van der Waals surface area contributed by atoms with Crippen LogP contribution in [0.4, 0.5) is 5.69 Å². The fourth-order valence-corrected chi connectivity index (χ4v) is 2.26. The van der Waals surface area contributed by atoms with Gasteiger partial charge >= 0.3 is 5.97 Å². The highest BCUT2D eigenvalue weighted by Gasteiger charge is 2.19. The number of furan rings is 1.